The first-order valence-electron chi connectivity index (χ1n) is 19.7. The van der Waals surface area contributed by atoms with E-state index in [0.29, 0.717) is 29.6 Å². The molecule has 0 saturated heterocycles. The van der Waals surface area contributed by atoms with Crippen molar-refractivity contribution in [1.29, 1.82) is 0 Å². The lowest BCUT2D eigenvalue weighted by atomic mass is 9.62. The number of benzene rings is 4. The maximum absolute atomic E-state index is 6.98. The van der Waals surface area contributed by atoms with Gasteiger partial charge >= 0.3 is 0 Å². The summed E-state index contributed by atoms with van der Waals surface area (Å²) in [5.41, 5.74) is 17.0. The fourth-order valence-corrected chi connectivity index (χ4v) is 10.9. The summed E-state index contributed by atoms with van der Waals surface area (Å²) >= 11 is 0. The summed E-state index contributed by atoms with van der Waals surface area (Å²) in [6.45, 7) is 0. The quantitative estimate of drug-likeness (QED) is 0.185. The first kappa shape index (κ1) is 30.5. The van der Waals surface area contributed by atoms with Gasteiger partial charge in [0.15, 0.2) is 0 Å². The van der Waals surface area contributed by atoms with Gasteiger partial charge in [-0.2, -0.15) is 0 Å². The summed E-state index contributed by atoms with van der Waals surface area (Å²) in [5.74, 6) is 3.85. The number of aryl methyl sites for hydroxylation is 1. The van der Waals surface area contributed by atoms with Crippen LogP contribution in [0.25, 0.3) is 39.8 Å². The summed E-state index contributed by atoms with van der Waals surface area (Å²) in [6, 6.07) is 34.0. The van der Waals surface area contributed by atoms with Gasteiger partial charge in [0.05, 0.1) is 0 Å². The Morgan fingerprint density at radius 1 is 0.654 bits per heavy atom. The lowest BCUT2D eigenvalue weighted by Crippen LogP contribution is -2.29. The third-order valence-electron chi connectivity index (χ3n) is 13.4. The molecule has 5 aromatic rings. The van der Waals surface area contributed by atoms with Gasteiger partial charge < -0.3 is 4.42 Å². The van der Waals surface area contributed by atoms with Crippen LogP contribution < -0.4 is 0 Å². The SMILES string of the molecule is C1=CC2C(C3CC(C4=CCC5Cc6ccccc6C5=C4)CC(c4ccc5c(c4)C=CCC5)C3)=Cc3oc4c(-c5ccccc5)cccc4c3C2C=C1. The van der Waals surface area contributed by atoms with Crippen LogP contribution in [-0.4, -0.2) is 0 Å². The Hall–Kier alpha value is -5.14. The highest BCUT2D eigenvalue weighted by molar-refractivity contribution is 5.97. The van der Waals surface area contributed by atoms with Gasteiger partial charge in [-0.1, -0.05) is 145 Å². The molecule has 4 aromatic carbocycles. The molecular formula is C51H44O. The van der Waals surface area contributed by atoms with E-state index in [-0.39, 0.29) is 5.92 Å². The highest BCUT2D eigenvalue weighted by Gasteiger charge is 2.41. The fourth-order valence-electron chi connectivity index (χ4n) is 10.9. The average Bonchev–Trinajstić information content (AvgIpc) is 3.79. The largest absolute Gasteiger partial charge is 0.456 e. The minimum Gasteiger partial charge on any atom is -0.456 e. The molecule has 0 spiro atoms. The predicted octanol–water partition coefficient (Wildman–Crippen LogP) is 13.1. The number of rotatable bonds is 4. The summed E-state index contributed by atoms with van der Waals surface area (Å²) in [6.07, 6.45) is 30.2. The van der Waals surface area contributed by atoms with Gasteiger partial charge in [-0.15, -0.1) is 0 Å². The second kappa shape index (κ2) is 12.2. The van der Waals surface area contributed by atoms with Gasteiger partial charge in [0.25, 0.3) is 0 Å². The van der Waals surface area contributed by atoms with E-state index < -0.39 is 0 Å². The molecule has 0 amide bonds. The molecule has 1 fully saturated rings. The third kappa shape index (κ3) is 4.96. The molecule has 0 bridgehead atoms. The first-order valence-corrected chi connectivity index (χ1v) is 19.7. The maximum Gasteiger partial charge on any atom is 0.142 e. The summed E-state index contributed by atoms with van der Waals surface area (Å²) < 4.78 is 6.98. The smallest absolute Gasteiger partial charge is 0.142 e. The van der Waals surface area contributed by atoms with Gasteiger partial charge in [-0.3, -0.25) is 0 Å². The number of fused-ring (bicyclic) bond motifs is 9. The molecule has 0 N–H and O–H groups in total. The number of hydrogen-bond donors (Lipinski definition) is 0. The maximum atomic E-state index is 6.98. The first-order chi connectivity index (χ1) is 25.7. The van der Waals surface area contributed by atoms with Crippen molar-refractivity contribution in [2.24, 2.45) is 23.7 Å². The number of allylic oxidation sites excluding steroid dienone is 10. The molecular weight excluding hydrogens is 629 g/mol. The van der Waals surface area contributed by atoms with Crippen LogP contribution in [0.3, 0.4) is 0 Å². The van der Waals surface area contributed by atoms with Crippen LogP contribution in [0.4, 0.5) is 0 Å². The van der Waals surface area contributed by atoms with Crippen LogP contribution in [0, 0.1) is 23.7 Å². The summed E-state index contributed by atoms with van der Waals surface area (Å²) in [5, 5.41) is 1.26. The van der Waals surface area contributed by atoms with Crippen molar-refractivity contribution in [2.75, 3.05) is 0 Å². The van der Waals surface area contributed by atoms with Crippen molar-refractivity contribution >= 4 is 28.7 Å². The monoisotopic (exact) mass is 672 g/mol. The molecule has 52 heavy (non-hydrogen) atoms. The molecule has 1 nitrogen and oxygen atoms in total. The van der Waals surface area contributed by atoms with Crippen LogP contribution in [0.1, 0.15) is 83.1 Å². The highest BCUT2D eigenvalue weighted by atomic mass is 16.3. The average molecular weight is 673 g/mol. The molecule has 1 heterocycles. The molecule has 0 radical (unpaired) electrons. The van der Waals surface area contributed by atoms with E-state index in [1.54, 1.807) is 16.7 Å². The molecule has 6 unspecified atom stereocenters. The van der Waals surface area contributed by atoms with Crippen LogP contribution in [0.5, 0.6) is 0 Å². The van der Waals surface area contributed by atoms with Crippen molar-refractivity contribution in [3.63, 3.8) is 0 Å². The van der Waals surface area contributed by atoms with E-state index in [0.717, 1.165) is 24.2 Å². The minimum absolute atomic E-state index is 0.284. The summed E-state index contributed by atoms with van der Waals surface area (Å²) in [7, 11) is 0. The van der Waals surface area contributed by atoms with Crippen LogP contribution in [0.2, 0.25) is 0 Å². The van der Waals surface area contributed by atoms with E-state index >= 15 is 0 Å². The van der Waals surface area contributed by atoms with Gasteiger partial charge in [0.2, 0.25) is 0 Å². The zero-order chi connectivity index (χ0) is 34.2. The lowest BCUT2D eigenvalue weighted by Gasteiger charge is -2.42. The molecule has 11 rings (SSSR count). The molecule has 1 saturated carbocycles. The Balaban J connectivity index is 1.02. The van der Waals surface area contributed by atoms with Crippen LogP contribution >= 0.6 is 0 Å². The second-order valence-electron chi connectivity index (χ2n) is 16.2. The molecule has 1 aromatic heterocycles. The third-order valence-corrected chi connectivity index (χ3v) is 13.4. The van der Waals surface area contributed by atoms with E-state index in [1.165, 1.54) is 82.0 Å². The van der Waals surface area contributed by atoms with Crippen molar-refractivity contribution in [3.8, 4) is 11.1 Å². The van der Waals surface area contributed by atoms with E-state index in [4.69, 9.17) is 4.42 Å². The molecule has 254 valence electrons. The molecule has 0 aliphatic heterocycles. The molecule has 1 heteroatoms. The molecule has 6 aliphatic carbocycles. The van der Waals surface area contributed by atoms with Gasteiger partial charge in [-0.25, -0.2) is 0 Å². The Morgan fingerprint density at radius 2 is 1.48 bits per heavy atom. The van der Waals surface area contributed by atoms with Crippen molar-refractivity contribution < 1.29 is 4.42 Å². The zero-order valence-corrected chi connectivity index (χ0v) is 29.7. The number of para-hydroxylation sites is 1. The topological polar surface area (TPSA) is 13.1 Å². The Bertz CT molecular complexity index is 2420. The Labute approximate surface area is 307 Å². The fraction of sp³-hybridized carbons (Fsp3) is 0.255. The van der Waals surface area contributed by atoms with E-state index in [9.17, 15) is 0 Å². The van der Waals surface area contributed by atoms with Crippen molar-refractivity contribution in [3.05, 3.63) is 184 Å². The summed E-state index contributed by atoms with van der Waals surface area (Å²) in [4.78, 5) is 0. The lowest BCUT2D eigenvalue weighted by molar-refractivity contribution is 0.282. The normalized spacial score (nSPS) is 26.8. The highest BCUT2D eigenvalue weighted by Crippen LogP contribution is 2.55. The van der Waals surface area contributed by atoms with Gasteiger partial charge in [0.1, 0.15) is 11.3 Å². The second-order valence-corrected chi connectivity index (χ2v) is 16.2. The minimum atomic E-state index is 0.284. The molecule has 6 aliphatic rings. The number of furan rings is 1. The standard InChI is InChI=1S/C51H44O/c1-2-12-33(13-3-1)43-19-10-20-46-50-45-18-9-8-17-44(45)48(31-49(50)52-51(43)46)41-28-39(35-22-21-32-11-4-5-14-34(32)25-35)27-40(29-41)36-23-24-38-26-37-15-6-7-16-42(37)47(38)30-36/h1-3,5-10,12-23,25,30-31,38-41,44-45H,4,11,24,26-29H2. The Morgan fingerprint density at radius 3 is 2.42 bits per heavy atom. The predicted molar refractivity (Wildman–Crippen MR) is 216 cm³/mol. The van der Waals surface area contributed by atoms with Crippen LogP contribution in [-0.2, 0) is 12.8 Å². The van der Waals surface area contributed by atoms with Gasteiger partial charge in [-0.05, 0) is 119 Å². The van der Waals surface area contributed by atoms with E-state index in [2.05, 4.69) is 146 Å². The Kier molecular flexibility index (Phi) is 7.17. The van der Waals surface area contributed by atoms with Crippen molar-refractivity contribution in [2.45, 2.75) is 56.8 Å². The van der Waals surface area contributed by atoms with Crippen molar-refractivity contribution in [1.82, 2.24) is 0 Å². The zero-order valence-electron chi connectivity index (χ0n) is 29.7. The molecule has 6 atom stereocenters. The number of hydrogen-bond acceptors (Lipinski definition) is 1. The van der Waals surface area contributed by atoms with Gasteiger partial charge in [0, 0.05) is 28.3 Å². The van der Waals surface area contributed by atoms with Crippen LogP contribution in [0.15, 0.2) is 149 Å². The van der Waals surface area contributed by atoms with E-state index in [1.807, 2.05) is 0 Å².